The van der Waals surface area contributed by atoms with E-state index in [4.69, 9.17) is 16.3 Å². The second kappa shape index (κ2) is 9.94. The number of ether oxygens (including phenoxy) is 1. The Hall–Kier alpha value is -2.31. The zero-order valence-corrected chi connectivity index (χ0v) is 17.6. The Labute approximate surface area is 176 Å². The number of carbonyl (C=O) groups excluding carboxylic acids is 1. The normalized spacial score (nSPS) is 15.8. The average Bonchev–Trinajstić information content (AvgIpc) is 2.71. The van der Waals surface area contributed by atoms with E-state index in [2.05, 4.69) is 15.1 Å². The SMILES string of the molecule is Cc1cc(Cl)ccc1OC(C)C(=O)NCCN1CCN(c2ccc(F)cc2)CC1. The fourth-order valence-corrected chi connectivity index (χ4v) is 3.58. The Kier molecular flexibility index (Phi) is 7.34. The van der Waals surface area contributed by atoms with E-state index >= 15 is 0 Å². The predicted molar refractivity (Wildman–Crippen MR) is 114 cm³/mol. The van der Waals surface area contributed by atoms with Gasteiger partial charge in [-0.25, -0.2) is 4.39 Å². The van der Waals surface area contributed by atoms with E-state index in [1.54, 1.807) is 19.1 Å². The molecule has 1 amide bonds. The Morgan fingerprint density at radius 2 is 1.86 bits per heavy atom. The highest BCUT2D eigenvalue weighted by molar-refractivity contribution is 6.30. The van der Waals surface area contributed by atoms with E-state index in [1.807, 2.05) is 25.1 Å². The van der Waals surface area contributed by atoms with Crippen LogP contribution < -0.4 is 15.0 Å². The molecule has 7 heteroatoms. The highest BCUT2D eigenvalue weighted by atomic mass is 35.5. The maximum Gasteiger partial charge on any atom is 0.260 e. The molecule has 1 fully saturated rings. The van der Waals surface area contributed by atoms with Gasteiger partial charge in [0.1, 0.15) is 11.6 Å². The van der Waals surface area contributed by atoms with Crippen LogP contribution in [0.25, 0.3) is 0 Å². The Balaban J connectivity index is 1.37. The molecule has 0 aliphatic carbocycles. The van der Waals surface area contributed by atoms with Crippen molar-refractivity contribution in [1.29, 1.82) is 0 Å². The molecule has 0 aromatic heterocycles. The van der Waals surface area contributed by atoms with Crippen LogP contribution in [0.15, 0.2) is 42.5 Å². The van der Waals surface area contributed by atoms with Crippen molar-refractivity contribution in [3.05, 3.63) is 58.9 Å². The number of piperazine rings is 1. The molecule has 1 saturated heterocycles. The summed E-state index contributed by atoms with van der Waals surface area (Å²) in [5, 5.41) is 3.59. The monoisotopic (exact) mass is 419 g/mol. The molecule has 5 nitrogen and oxygen atoms in total. The van der Waals surface area contributed by atoms with Crippen molar-refractivity contribution in [2.45, 2.75) is 20.0 Å². The molecule has 3 rings (SSSR count). The van der Waals surface area contributed by atoms with Crippen LogP contribution in [0.4, 0.5) is 10.1 Å². The van der Waals surface area contributed by atoms with Gasteiger partial charge in [0.15, 0.2) is 6.10 Å². The summed E-state index contributed by atoms with van der Waals surface area (Å²) in [4.78, 5) is 16.9. The van der Waals surface area contributed by atoms with Gasteiger partial charge in [-0.15, -0.1) is 0 Å². The first-order valence-electron chi connectivity index (χ1n) is 9.86. The first kappa shape index (κ1) is 21.4. The highest BCUT2D eigenvalue weighted by Crippen LogP contribution is 2.22. The summed E-state index contributed by atoms with van der Waals surface area (Å²) < 4.78 is 18.8. The maximum absolute atomic E-state index is 13.1. The van der Waals surface area contributed by atoms with Crippen molar-refractivity contribution in [2.24, 2.45) is 0 Å². The zero-order chi connectivity index (χ0) is 20.8. The summed E-state index contributed by atoms with van der Waals surface area (Å²) in [6.07, 6.45) is -0.579. The lowest BCUT2D eigenvalue weighted by Gasteiger charge is -2.36. The lowest BCUT2D eigenvalue weighted by molar-refractivity contribution is -0.127. The molecule has 1 aliphatic rings. The number of nitrogens with zero attached hydrogens (tertiary/aromatic N) is 2. The molecule has 2 aromatic carbocycles. The van der Waals surface area contributed by atoms with Gasteiger partial charge < -0.3 is 15.0 Å². The molecule has 1 N–H and O–H groups in total. The number of hydrogen-bond acceptors (Lipinski definition) is 4. The van der Waals surface area contributed by atoms with Crippen LogP contribution in [0.2, 0.25) is 5.02 Å². The molecule has 2 aromatic rings. The van der Waals surface area contributed by atoms with Gasteiger partial charge in [0.05, 0.1) is 0 Å². The average molecular weight is 420 g/mol. The minimum atomic E-state index is -0.579. The minimum absolute atomic E-state index is 0.135. The van der Waals surface area contributed by atoms with Gasteiger partial charge >= 0.3 is 0 Å². The molecule has 0 radical (unpaired) electrons. The molecule has 1 heterocycles. The number of nitrogens with one attached hydrogen (secondary N) is 1. The molecule has 0 saturated carbocycles. The van der Waals surface area contributed by atoms with Gasteiger partial charge in [-0.05, 0) is 61.9 Å². The van der Waals surface area contributed by atoms with Gasteiger partial charge in [0.2, 0.25) is 0 Å². The fourth-order valence-electron chi connectivity index (χ4n) is 3.35. The quantitative estimate of drug-likeness (QED) is 0.746. The third-order valence-corrected chi connectivity index (χ3v) is 5.34. The lowest BCUT2D eigenvalue weighted by Crippen LogP contribution is -2.49. The number of halogens is 2. The fraction of sp³-hybridized carbons (Fsp3) is 0.409. The van der Waals surface area contributed by atoms with Crippen molar-refractivity contribution < 1.29 is 13.9 Å². The molecule has 1 unspecified atom stereocenters. The summed E-state index contributed by atoms with van der Waals surface area (Å²) >= 11 is 5.95. The van der Waals surface area contributed by atoms with Crippen LogP contribution in [0.3, 0.4) is 0 Å². The molecular weight excluding hydrogens is 393 g/mol. The third-order valence-electron chi connectivity index (χ3n) is 5.10. The lowest BCUT2D eigenvalue weighted by atomic mass is 10.2. The number of amides is 1. The number of rotatable bonds is 7. The number of benzene rings is 2. The number of carbonyl (C=O) groups is 1. The molecule has 29 heavy (non-hydrogen) atoms. The Morgan fingerprint density at radius 1 is 1.17 bits per heavy atom. The largest absolute Gasteiger partial charge is 0.481 e. The van der Waals surface area contributed by atoms with Crippen molar-refractivity contribution in [2.75, 3.05) is 44.2 Å². The smallest absolute Gasteiger partial charge is 0.260 e. The van der Waals surface area contributed by atoms with Crippen LogP contribution in [0.1, 0.15) is 12.5 Å². The Bertz CT molecular complexity index is 823. The van der Waals surface area contributed by atoms with E-state index < -0.39 is 6.10 Å². The molecule has 1 aliphatic heterocycles. The van der Waals surface area contributed by atoms with Gasteiger partial charge in [0.25, 0.3) is 5.91 Å². The van der Waals surface area contributed by atoms with E-state index in [0.29, 0.717) is 17.3 Å². The van der Waals surface area contributed by atoms with Crippen molar-refractivity contribution >= 4 is 23.2 Å². The van der Waals surface area contributed by atoms with Crippen LogP contribution in [0.5, 0.6) is 5.75 Å². The summed E-state index contributed by atoms with van der Waals surface area (Å²) in [5.41, 5.74) is 1.94. The molecular formula is C22H27ClFN3O2. The van der Waals surface area contributed by atoms with Gasteiger partial charge in [-0.3, -0.25) is 9.69 Å². The van der Waals surface area contributed by atoms with Crippen LogP contribution >= 0.6 is 11.6 Å². The van der Waals surface area contributed by atoms with Crippen molar-refractivity contribution in [3.63, 3.8) is 0 Å². The van der Waals surface area contributed by atoms with Crippen LogP contribution in [0, 0.1) is 12.7 Å². The summed E-state index contributed by atoms with van der Waals surface area (Å²) in [6, 6.07) is 12.0. The van der Waals surface area contributed by atoms with Gasteiger partial charge in [0, 0.05) is 50.0 Å². The number of anilines is 1. The molecule has 0 bridgehead atoms. The van der Waals surface area contributed by atoms with Gasteiger partial charge in [-0.2, -0.15) is 0 Å². The first-order valence-corrected chi connectivity index (χ1v) is 10.2. The van der Waals surface area contributed by atoms with Crippen LogP contribution in [-0.2, 0) is 4.79 Å². The maximum atomic E-state index is 13.1. The number of hydrogen-bond donors (Lipinski definition) is 1. The molecule has 1 atom stereocenters. The highest BCUT2D eigenvalue weighted by Gasteiger charge is 2.19. The summed E-state index contributed by atoms with van der Waals surface area (Å²) in [7, 11) is 0. The predicted octanol–water partition coefficient (Wildman–Crippen LogP) is 3.49. The zero-order valence-electron chi connectivity index (χ0n) is 16.8. The van der Waals surface area contributed by atoms with E-state index in [0.717, 1.165) is 44.0 Å². The number of aryl methyl sites for hydroxylation is 1. The van der Waals surface area contributed by atoms with E-state index in [1.165, 1.54) is 12.1 Å². The second-order valence-electron chi connectivity index (χ2n) is 7.27. The first-order chi connectivity index (χ1) is 13.9. The van der Waals surface area contributed by atoms with Gasteiger partial charge in [-0.1, -0.05) is 11.6 Å². The second-order valence-corrected chi connectivity index (χ2v) is 7.70. The van der Waals surface area contributed by atoms with Crippen molar-refractivity contribution in [1.82, 2.24) is 10.2 Å². The van der Waals surface area contributed by atoms with E-state index in [9.17, 15) is 9.18 Å². The standard InChI is InChI=1S/C22H27ClFN3O2/c1-16-15-18(23)3-8-21(16)29-17(2)22(28)25-9-10-26-11-13-27(14-12-26)20-6-4-19(24)5-7-20/h3-8,15,17H,9-14H2,1-2H3,(H,25,28). The minimum Gasteiger partial charge on any atom is -0.481 e. The topological polar surface area (TPSA) is 44.8 Å². The Morgan fingerprint density at radius 3 is 2.52 bits per heavy atom. The van der Waals surface area contributed by atoms with E-state index in [-0.39, 0.29) is 11.7 Å². The molecule has 156 valence electrons. The third kappa shape index (κ3) is 6.08. The summed E-state index contributed by atoms with van der Waals surface area (Å²) in [5.74, 6) is 0.311. The molecule has 0 spiro atoms. The summed E-state index contributed by atoms with van der Waals surface area (Å²) in [6.45, 7) is 8.58. The van der Waals surface area contributed by atoms with Crippen LogP contribution in [-0.4, -0.2) is 56.2 Å². The van der Waals surface area contributed by atoms with Crippen molar-refractivity contribution in [3.8, 4) is 5.75 Å².